The highest BCUT2D eigenvalue weighted by molar-refractivity contribution is 5.93. The lowest BCUT2D eigenvalue weighted by atomic mass is 10.1. The van der Waals surface area contributed by atoms with Crippen molar-refractivity contribution in [2.45, 2.75) is 38.8 Å². The second kappa shape index (κ2) is 4.87. The van der Waals surface area contributed by atoms with E-state index >= 15 is 0 Å². The van der Waals surface area contributed by atoms with Crippen LogP contribution in [0.2, 0.25) is 0 Å². The van der Waals surface area contributed by atoms with Crippen molar-refractivity contribution in [3.63, 3.8) is 0 Å². The zero-order chi connectivity index (χ0) is 13.2. The quantitative estimate of drug-likeness (QED) is 0.883. The normalized spacial score (nSPS) is 18.7. The Morgan fingerprint density at radius 3 is 3.16 bits per heavy atom. The number of hydrogen-bond acceptors (Lipinski definition) is 4. The number of carbonyl (C=O) groups excluding carboxylic acids is 1. The van der Waals surface area contributed by atoms with E-state index in [0.29, 0.717) is 5.56 Å². The van der Waals surface area contributed by atoms with Gasteiger partial charge in [-0.15, -0.1) is 10.2 Å². The van der Waals surface area contributed by atoms with E-state index < -0.39 is 0 Å². The summed E-state index contributed by atoms with van der Waals surface area (Å²) >= 11 is 0. The van der Waals surface area contributed by atoms with Gasteiger partial charge < -0.3 is 14.3 Å². The van der Waals surface area contributed by atoms with Crippen LogP contribution in [0, 0.1) is 6.92 Å². The van der Waals surface area contributed by atoms with E-state index in [1.54, 1.807) is 6.07 Å². The summed E-state index contributed by atoms with van der Waals surface area (Å²) in [6.07, 6.45) is 5.60. The molecule has 6 nitrogen and oxygen atoms in total. The summed E-state index contributed by atoms with van der Waals surface area (Å²) in [6.45, 7) is 2.81. The lowest BCUT2D eigenvalue weighted by Gasteiger charge is -2.15. The molecule has 1 N–H and O–H groups in total. The van der Waals surface area contributed by atoms with Crippen LogP contribution in [0.3, 0.4) is 0 Å². The average molecular weight is 260 g/mol. The van der Waals surface area contributed by atoms with E-state index in [1.807, 2.05) is 6.92 Å². The van der Waals surface area contributed by atoms with E-state index in [0.717, 1.165) is 37.5 Å². The van der Waals surface area contributed by atoms with Crippen molar-refractivity contribution < 1.29 is 9.21 Å². The molecule has 1 atom stereocenters. The average Bonchev–Trinajstić information content (AvgIpc) is 2.99. The highest BCUT2D eigenvalue weighted by atomic mass is 16.3. The molecule has 100 valence electrons. The zero-order valence-corrected chi connectivity index (χ0v) is 10.8. The highest BCUT2D eigenvalue weighted by Crippen LogP contribution is 2.15. The van der Waals surface area contributed by atoms with Gasteiger partial charge in [-0.1, -0.05) is 0 Å². The van der Waals surface area contributed by atoms with Gasteiger partial charge in [0, 0.05) is 19.0 Å². The third-order valence-electron chi connectivity index (χ3n) is 3.55. The number of carbonyl (C=O) groups is 1. The predicted octanol–water partition coefficient (Wildman–Crippen LogP) is 1.31. The third-order valence-corrected chi connectivity index (χ3v) is 3.55. The molecule has 0 fully saturated rings. The molecule has 0 saturated carbocycles. The smallest absolute Gasteiger partial charge is 0.254 e. The first-order chi connectivity index (χ1) is 9.24. The molecule has 19 heavy (non-hydrogen) atoms. The number of aryl methyl sites for hydroxylation is 2. The zero-order valence-electron chi connectivity index (χ0n) is 10.8. The van der Waals surface area contributed by atoms with E-state index in [9.17, 15) is 4.79 Å². The van der Waals surface area contributed by atoms with Crippen molar-refractivity contribution in [3.05, 3.63) is 35.8 Å². The van der Waals surface area contributed by atoms with E-state index in [1.165, 1.54) is 12.5 Å². The molecular formula is C13H16N4O2. The van der Waals surface area contributed by atoms with Crippen LogP contribution in [0.1, 0.15) is 34.8 Å². The molecule has 0 aromatic carbocycles. The molecule has 1 amide bonds. The van der Waals surface area contributed by atoms with Crippen molar-refractivity contribution in [1.29, 1.82) is 0 Å². The summed E-state index contributed by atoms with van der Waals surface area (Å²) in [6, 6.07) is 1.84. The first-order valence-electron chi connectivity index (χ1n) is 6.46. The standard InChI is InChI=1S/C13H16N4O2/c1-9-15-16-12-3-2-11(4-6-17(9)12)14-13(18)10-5-7-19-8-10/h5,7-8,11H,2-4,6H2,1H3,(H,14,18). The molecule has 0 saturated heterocycles. The van der Waals surface area contributed by atoms with Gasteiger partial charge in [-0.2, -0.15) is 0 Å². The molecule has 2 aromatic rings. The maximum atomic E-state index is 12.0. The summed E-state index contributed by atoms with van der Waals surface area (Å²) < 4.78 is 7.05. The third kappa shape index (κ3) is 2.38. The molecule has 3 rings (SSSR count). The van der Waals surface area contributed by atoms with E-state index in [2.05, 4.69) is 20.1 Å². The molecular weight excluding hydrogens is 244 g/mol. The molecule has 1 unspecified atom stereocenters. The number of nitrogens with zero attached hydrogens (tertiary/aromatic N) is 3. The number of fused-ring (bicyclic) bond motifs is 1. The van der Waals surface area contributed by atoms with Crippen LogP contribution in [0.15, 0.2) is 23.0 Å². The first kappa shape index (κ1) is 12.0. The molecule has 0 aliphatic carbocycles. The Morgan fingerprint density at radius 1 is 1.47 bits per heavy atom. The van der Waals surface area contributed by atoms with Gasteiger partial charge in [0.15, 0.2) is 0 Å². The number of nitrogens with one attached hydrogen (secondary N) is 1. The van der Waals surface area contributed by atoms with Gasteiger partial charge in [-0.25, -0.2) is 0 Å². The summed E-state index contributed by atoms with van der Waals surface area (Å²) in [5.41, 5.74) is 0.569. The van der Waals surface area contributed by atoms with Crippen LogP contribution in [0.4, 0.5) is 0 Å². The number of aromatic nitrogens is 3. The van der Waals surface area contributed by atoms with Gasteiger partial charge in [-0.3, -0.25) is 4.79 Å². The maximum absolute atomic E-state index is 12.0. The molecule has 3 heterocycles. The molecule has 0 spiro atoms. The first-order valence-corrected chi connectivity index (χ1v) is 6.46. The van der Waals surface area contributed by atoms with Crippen molar-refractivity contribution >= 4 is 5.91 Å². The van der Waals surface area contributed by atoms with Crippen LogP contribution in [-0.2, 0) is 13.0 Å². The Bertz CT molecular complexity index is 573. The van der Waals surface area contributed by atoms with Crippen molar-refractivity contribution in [1.82, 2.24) is 20.1 Å². The second-order valence-electron chi connectivity index (χ2n) is 4.82. The van der Waals surface area contributed by atoms with Gasteiger partial charge in [-0.05, 0) is 25.8 Å². The Balaban J connectivity index is 1.64. The maximum Gasteiger partial charge on any atom is 0.254 e. The van der Waals surface area contributed by atoms with Gasteiger partial charge in [0.2, 0.25) is 0 Å². The minimum atomic E-state index is -0.0758. The highest BCUT2D eigenvalue weighted by Gasteiger charge is 2.20. The molecule has 1 aliphatic heterocycles. The summed E-state index contributed by atoms with van der Waals surface area (Å²) in [5.74, 6) is 1.88. The Hall–Kier alpha value is -2.11. The Kier molecular flexibility index (Phi) is 3.06. The molecule has 1 aliphatic rings. The SMILES string of the molecule is Cc1nnc2n1CCC(NC(=O)c1ccoc1)CC2. The summed E-state index contributed by atoms with van der Waals surface area (Å²) in [4.78, 5) is 12.0. The van der Waals surface area contributed by atoms with Crippen LogP contribution in [0.25, 0.3) is 0 Å². The van der Waals surface area contributed by atoms with Crippen molar-refractivity contribution in [2.24, 2.45) is 0 Å². The molecule has 6 heteroatoms. The molecule has 2 aromatic heterocycles. The van der Waals surface area contributed by atoms with Crippen molar-refractivity contribution in [3.8, 4) is 0 Å². The minimum Gasteiger partial charge on any atom is -0.472 e. The Morgan fingerprint density at radius 2 is 2.37 bits per heavy atom. The van der Waals surface area contributed by atoms with E-state index in [-0.39, 0.29) is 11.9 Å². The van der Waals surface area contributed by atoms with Crippen LogP contribution >= 0.6 is 0 Å². The number of rotatable bonds is 2. The summed E-state index contributed by atoms with van der Waals surface area (Å²) in [5, 5.41) is 11.3. The van der Waals surface area contributed by atoms with Gasteiger partial charge in [0.05, 0.1) is 11.8 Å². The lowest BCUT2D eigenvalue weighted by Crippen LogP contribution is -2.35. The topological polar surface area (TPSA) is 73.0 Å². The lowest BCUT2D eigenvalue weighted by molar-refractivity contribution is 0.0932. The largest absolute Gasteiger partial charge is 0.472 e. The fourth-order valence-electron chi connectivity index (χ4n) is 2.44. The number of furan rings is 1. The number of hydrogen-bond donors (Lipinski definition) is 1. The Labute approximate surface area is 110 Å². The van der Waals surface area contributed by atoms with Crippen LogP contribution in [-0.4, -0.2) is 26.7 Å². The second-order valence-corrected chi connectivity index (χ2v) is 4.82. The minimum absolute atomic E-state index is 0.0758. The van der Waals surface area contributed by atoms with Crippen LogP contribution < -0.4 is 5.32 Å². The van der Waals surface area contributed by atoms with E-state index in [4.69, 9.17) is 4.42 Å². The summed E-state index contributed by atoms with van der Waals surface area (Å²) in [7, 11) is 0. The number of amides is 1. The molecule has 0 bridgehead atoms. The van der Waals surface area contributed by atoms with Gasteiger partial charge in [0.25, 0.3) is 5.91 Å². The van der Waals surface area contributed by atoms with Crippen molar-refractivity contribution in [2.75, 3.05) is 0 Å². The van der Waals surface area contributed by atoms with Gasteiger partial charge >= 0.3 is 0 Å². The predicted molar refractivity (Wildman–Crippen MR) is 67.7 cm³/mol. The fraction of sp³-hybridized carbons (Fsp3) is 0.462. The molecule has 0 radical (unpaired) electrons. The van der Waals surface area contributed by atoms with Crippen LogP contribution in [0.5, 0.6) is 0 Å². The fourth-order valence-corrected chi connectivity index (χ4v) is 2.44. The van der Waals surface area contributed by atoms with Gasteiger partial charge in [0.1, 0.15) is 17.9 Å². The monoisotopic (exact) mass is 260 g/mol.